The Kier molecular flexibility index (Phi) is 9.04. The van der Waals surface area contributed by atoms with Crippen LogP contribution in [0.5, 0.6) is 17.2 Å². The van der Waals surface area contributed by atoms with Gasteiger partial charge in [-0.15, -0.1) is 24.5 Å². The maximum Gasteiger partial charge on any atom is 0.573 e. The number of aldehydes is 1. The van der Waals surface area contributed by atoms with Gasteiger partial charge in [-0.2, -0.15) is 0 Å². The third kappa shape index (κ3) is 8.58. The van der Waals surface area contributed by atoms with Crippen molar-refractivity contribution in [3.05, 3.63) is 70.2 Å². The fourth-order valence-corrected chi connectivity index (χ4v) is 3.60. The summed E-state index contributed by atoms with van der Waals surface area (Å²) in [4.78, 5) is 27.9. The van der Waals surface area contributed by atoms with Gasteiger partial charge in [-0.05, 0) is 48.4 Å². The van der Waals surface area contributed by atoms with Crippen molar-refractivity contribution in [2.45, 2.75) is 25.6 Å². The molecule has 0 aliphatic heterocycles. The summed E-state index contributed by atoms with van der Waals surface area (Å²) in [6.45, 7) is 0.576. The Bertz CT molecular complexity index is 1100. The van der Waals surface area contributed by atoms with Crippen molar-refractivity contribution in [1.29, 1.82) is 0 Å². The number of nitrogens with zero attached hydrogens (tertiary/aromatic N) is 1. The van der Waals surface area contributed by atoms with Crippen molar-refractivity contribution in [2.75, 3.05) is 13.7 Å². The summed E-state index contributed by atoms with van der Waals surface area (Å²) in [5, 5.41) is 7.78. The van der Waals surface area contributed by atoms with Crippen molar-refractivity contribution in [3.63, 3.8) is 0 Å². The van der Waals surface area contributed by atoms with E-state index >= 15 is 0 Å². The Balaban J connectivity index is 1.44. The molecule has 1 amide bonds. The Labute approximate surface area is 203 Å². The lowest BCUT2D eigenvalue weighted by Crippen LogP contribution is -2.35. The predicted molar refractivity (Wildman–Crippen MR) is 122 cm³/mol. The predicted octanol–water partition coefficient (Wildman–Crippen LogP) is 3.72. The first-order chi connectivity index (χ1) is 16.8. The van der Waals surface area contributed by atoms with Crippen LogP contribution >= 0.6 is 11.3 Å². The number of rotatable bonds is 12. The highest BCUT2D eigenvalue weighted by molar-refractivity contribution is 7.09. The first-order valence-corrected chi connectivity index (χ1v) is 11.2. The second kappa shape index (κ2) is 12.2. The van der Waals surface area contributed by atoms with Crippen LogP contribution in [0.25, 0.3) is 0 Å². The lowest BCUT2D eigenvalue weighted by molar-refractivity contribution is -0.274. The molecular formula is C23H22F3N3O5S. The molecule has 0 radical (unpaired) electrons. The number of hydrogen-bond acceptors (Lipinski definition) is 8. The Morgan fingerprint density at radius 2 is 1.74 bits per heavy atom. The van der Waals surface area contributed by atoms with Crippen LogP contribution in [0, 0.1) is 0 Å². The maximum absolute atomic E-state index is 12.3. The molecule has 8 nitrogen and oxygen atoms in total. The molecular weight excluding hydrogens is 487 g/mol. The van der Waals surface area contributed by atoms with E-state index in [1.807, 2.05) is 24.3 Å². The summed E-state index contributed by atoms with van der Waals surface area (Å²) >= 11 is 1.23. The maximum atomic E-state index is 12.3. The number of alkyl halides is 3. The molecule has 0 saturated carbocycles. The van der Waals surface area contributed by atoms with E-state index in [1.165, 1.54) is 23.5 Å². The first kappa shape index (κ1) is 26.0. The molecule has 12 heteroatoms. The van der Waals surface area contributed by atoms with Crippen molar-refractivity contribution in [1.82, 2.24) is 15.6 Å². The van der Waals surface area contributed by atoms with Gasteiger partial charge in [0.15, 0.2) is 6.29 Å². The number of ether oxygens (including phenoxy) is 3. The highest BCUT2D eigenvalue weighted by Crippen LogP contribution is 2.25. The van der Waals surface area contributed by atoms with E-state index in [9.17, 15) is 22.8 Å². The minimum Gasteiger partial charge on any atom is -0.497 e. The van der Waals surface area contributed by atoms with E-state index in [1.54, 1.807) is 12.5 Å². The van der Waals surface area contributed by atoms with E-state index < -0.39 is 18.3 Å². The number of thiazole rings is 1. The second-order valence-electron chi connectivity index (χ2n) is 7.06. The third-order valence-electron chi connectivity index (χ3n) is 4.54. The highest BCUT2D eigenvalue weighted by atomic mass is 32.1. The number of hydrogen-bond donors (Lipinski definition) is 2. The summed E-state index contributed by atoms with van der Waals surface area (Å²) in [7, 11) is 1.60. The number of carbonyl (C=O) groups excluding carboxylic acids is 2. The molecule has 0 bridgehead atoms. The molecule has 0 fully saturated rings. The van der Waals surface area contributed by atoms with Gasteiger partial charge < -0.3 is 19.5 Å². The van der Waals surface area contributed by atoms with Gasteiger partial charge in [0.25, 0.3) is 5.91 Å². The normalized spacial score (nSPS) is 12.0. The molecule has 0 aliphatic rings. The molecule has 0 aliphatic carbocycles. The van der Waals surface area contributed by atoms with Crippen LogP contribution in [0.3, 0.4) is 0 Å². The smallest absolute Gasteiger partial charge is 0.497 e. The van der Waals surface area contributed by atoms with E-state index in [0.717, 1.165) is 23.4 Å². The summed E-state index contributed by atoms with van der Waals surface area (Å²) in [6.07, 6.45) is -4.72. The SMILES string of the molecule is COc1ccc(CCNC(=O)c2csc(CNC(C=O)Oc3ccc(OC(F)(F)F)cc3)n2)cc1. The van der Waals surface area contributed by atoms with E-state index in [2.05, 4.69) is 20.4 Å². The van der Waals surface area contributed by atoms with Crippen LogP contribution in [-0.4, -0.2) is 43.4 Å². The van der Waals surface area contributed by atoms with E-state index in [4.69, 9.17) is 9.47 Å². The standard InChI is InChI=1S/C23H22F3N3O5S/c1-32-16-4-2-15(3-5-16)10-11-27-22(31)19-14-35-21(29-19)12-28-20(13-30)33-17-6-8-18(9-7-17)34-23(24,25)26/h2-9,13-14,20,28H,10-12H2,1H3,(H,27,31). The third-order valence-corrected chi connectivity index (χ3v) is 5.39. The van der Waals surface area contributed by atoms with Gasteiger partial charge >= 0.3 is 6.36 Å². The number of nitrogens with one attached hydrogen (secondary N) is 2. The van der Waals surface area contributed by atoms with Gasteiger partial charge in [0.1, 0.15) is 28.0 Å². The lowest BCUT2D eigenvalue weighted by Gasteiger charge is -2.15. The average molecular weight is 510 g/mol. The molecule has 35 heavy (non-hydrogen) atoms. The minimum atomic E-state index is -4.80. The Hall–Kier alpha value is -3.64. The molecule has 3 rings (SSSR count). The van der Waals surface area contributed by atoms with Gasteiger partial charge in [-0.3, -0.25) is 14.9 Å². The summed E-state index contributed by atoms with van der Waals surface area (Å²) in [5.74, 6) is 0.209. The zero-order valence-electron chi connectivity index (χ0n) is 18.5. The van der Waals surface area contributed by atoms with Gasteiger partial charge in [0.2, 0.25) is 6.23 Å². The molecule has 2 N–H and O–H groups in total. The molecule has 186 valence electrons. The number of amides is 1. The van der Waals surface area contributed by atoms with E-state index in [-0.39, 0.29) is 23.9 Å². The molecule has 2 aromatic carbocycles. The van der Waals surface area contributed by atoms with Crippen LogP contribution in [0.15, 0.2) is 53.9 Å². The van der Waals surface area contributed by atoms with Gasteiger partial charge in [-0.1, -0.05) is 12.1 Å². The Morgan fingerprint density at radius 3 is 2.37 bits per heavy atom. The average Bonchev–Trinajstić information content (AvgIpc) is 3.31. The first-order valence-electron chi connectivity index (χ1n) is 10.3. The molecule has 1 atom stereocenters. The largest absolute Gasteiger partial charge is 0.573 e. The topological polar surface area (TPSA) is 98.8 Å². The second-order valence-corrected chi connectivity index (χ2v) is 8.00. The van der Waals surface area contributed by atoms with Crippen LogP contribution in [0.2, 0.25) is 0 Å². The number of halogens is 3. The monoisotopic (exact) mass is 509 g/mol. The van der Waals surface area contributed by atoms with Crippen molar-refractivity contribution in [3.8, 4) is 17.2 Å². The Morgan fingerprint density at radius 1 is 1.09 bits per heavy atom. The van der Waals surface area contributed by atoms with Gasteiger partial charge in [0, 0.05) is 11.9 Å². The summed E-state index contributed by atoms with van der Waals surface area (Å²) in [6, 6.07) is 12.2. The number of aromatic nitrogens is 1. The molecule has 0 spiro atoms. The quantitative estimate of drug-likeness (QED) is 0.284. The summed E-state index contributed by atoms with van der Waals surface area (Å²) < 4.78 is 51.0. The molecule has 3 aromatic rings. The lowest BCUT2D eigenvalue weighted by atomic mass is 10.1. The minimum absolute atomic E-state index is 0.141. The highest BCUT2D eigenvalue weighted by Gasteiger charge is 2.31. The molecule has 0 saturated heterocycles. The van der Waals surface area contributed by atoms with Crippen molar-refractivity contribution >= 4 is 23.5 Å². The molecule has 1 unspecified atom stereocenters. The van der Waals surface area contributed by atoms with Crippen LogP contribution < -0.4 is 24.8 Å². The molecule has 1 heterocycles. The number of carbonyl (C=O) groups is 2. The van der Waals surface area contributed by atoms with Crippen LogP contribution in [0.4, 0.5) is 13.2 Å². The van der Waals surface area contributed by atoms with Crippen LogP contribution in [-0.2, 0) is 17.8 Å². The zero-order valence-corrected chi connectivity index (χ0v) is 19.3. The number of methoxy groups -OCH3 is 1. The zero-order chi connectivity index (χ0) is 25.3. The van der Waals surface area contributed by atoms with E-state index in [0.29, 0.717) is 24.3 Å². The van der Waals surface area contributed by atoms with Gasteiger partial charge in [-0.25, -0.2) is 4.98 Å². The molecule has 1 aromatic heterocycles. The van der Waals surface area contributed by atoms with Crippen LogP contribution in [0.1, 0.15) is 21.1 Å². The number of benzene rings is 2. The fraction of sp³-hybridized carbons (Fsp3) is 0.261. The summed E-state index contributed by atoms with van der Waals surface area (Å²) in [5.41, 5.74) is 1.31. The van der Waals surface area contributed by atoms with Crippen molar-refractivity contribution in [2.24, 2.45) is 0 Å². The fourth-order valence-electron chi connectivity index (χ4n) is 2.87. The van der Waals surface area contributed by atoms with Gasteiger partial charge in [0.05, 0.1) is 13.7 Å². The van der Waals surface area contributed by atoms with Crippen molar-refractivity contribution < 1.29 is 37.0 Å².